The van der Waals surface area contributed by atoms with Crippen LogP contribution in [0, 0.1) is 6.92 Å². The Hall–Kier alpha value is -1.94. The molecule has 4 aromatic rings. The van der Waals surface area contributed by atoms with E-state index in [2.05, 4.69) is 16.7 Å². The number of anilines is 2. The Labute approximate surface area is 187 Å². The van der Waals surface area contributed by atoms with E-state index < -0.39 is 9.84 Å². The number of benzene rings is 2. The van der Waals surface area contributed by atoms with Crippen LogP contribution in [0.25, 0.3) is 20.4 Å². The standard InChI is InChI=1S/C20H19ClN4O2S3/c1-12-3-5-14(21)18-17(12)23-20(29-18)25-9-7-24(8-10-25)19-22-15-6-4-13(30(2,26)27)11-16(15)28-19/h3-6,11H,7-10H2,1-2H3. The van der Waals surface area contributed by atoms with Crippen LogP contribution in [0.5, 0.6) is 0 Å². The fourth-order valence-electron chi connectivity index (χ4n) is 3.57. The fourth-order valence-corrected chi connectivity index (χ4v) is 6.72. The Bertz CT molecular complexity index is 1330. The second kappa shape index (κ2) is 7.33. The number of hydrogen-bond donors (Lipinski definition) is 0. The van der Waals surface area contributed by atoms with E-state index in [1.165, 1.54) is 6.26 Å². The van der Waals surface area contributed by atoms with Crippen LogP contribution < -0.4 is 9.80 Å². The molecule has 6 nitrogen and oxygen atoms in total. The van der Waals surface area contributed by atoms with Crippen molar-refractivity contribution in [1.29, 1.82) is 0 Å². The first kappa shape index (κ1) is 20.0. The maximum atomic E-state index is 11.8. The number of halogens is 1. The van der Waals surface area contributed by atoms with Gasteiger partial charge in [-0.15, -0.1) is 0 Å². The van der Waals surface area contributed by atoms with Gasteiger partial charge < -0.3 is 9.80 Å². The zero-order valence-corrected chi connectivity index (χ0v) is 19.6. The van der Waals surface area contributed by atoms with Gasteiger partial charge in [0.1, 0.15) is 0 Å². The minimum atomic E-state index is -3.22. The molecule has 0 spiro atoms. The molecule has 10 heteroatoms. The molecule has 0 unspecified atom stereocenters. The smallest absolute Gasteiger partial charge is 0.186 e. The van der Waals surface area contributed by atoms with Crippen molar-refractivity contribution >= 4 is 74.8 Å². The molecule has 0 radical (unpaired) electrons. The van der Waals surface area contributed by atoms with E-state index in [-0.39, 0.29) is 0 Å². The monoisotopic (exact) mass is 478 g/mol. The Morgan fingerprint density at radius 1 is 0.967 bits per heavy atom. The zero-order valence-electron chi connectivity index (χ0n) is 16.4. The number of nitrogens with zero attached hydrogens (tertiary/aromatic N) is 4. The third-order valence-corrected chi connectivity index (χ3v) is 9.05. The van der Waals surface area contributed by atoms with Gasteiger partial charge in [0, 0.05) is 32.4 Å². The minimum Gasteiger partial charge on any atom is -0.345 e. The molecule has 1 fully saturated rings. The Morgan fingerprint density at radius 2 is 1.63 bits per heavy atom. The normalized spacial score (nSPS) is 15.4. The molecule has 2 aromatic carbocycles. The van der Waals surface area contributed by atoms with E-state index in [0.717, 1.165) is 67.5 Å². The van der Waals surface area contributed by atoms with Gasteiger partial charge >= 0.3 is 0 Å². The van der Waals surface area contributed by atoms with Crippen LogP contribution in [0.15, 0.2) is 35.2 Å². The average molecular weight is 479 g/mol. The van der Waals surface area contributed by atoms with Crippen molar-refractivity contribution in [3.05, 3.63) is 40.9 Å². The Morgan fingerprint density at radius 3 is 2.27 bits per heavy atom. The van der Waals surface area contributed by atoms with Gasteiger partial charge in [-0.25, -0.2) is 18.4 Å². The van der Waals surface area contributed by atoms with Gasteiger partial charge in [0.25, 0.3) is 0 Å². The van der Waals surface area contributed by atoms with E-state index in [9.17, 15) is 8.42 Å². The van der Waals surface area contributed by atoms with Crippen molar-refractivity contribution in [2.75, 3.05) is 42.2 Å². The summed E-state index contributed by atoms with van der Waals surface area (Å²) in [6, 6.07) is 9.07. The Balaban J connectivity index is 1.36. The van der Waals surface area contributed by atoms with E-state index in [4.69, 9.17) is 21.6 Å². The van der Waals surface area contributed by atoms with E-state index in [1.54, 1.807) is 40.9 Å². The van der Waals surface area contributed by atoms with E-state index in [0.29, 0.717) is 4.90 Å². The second-order valence-electron chi connectivity index (χ2n) is 7.41. The average Bonchev–Trinajstić information content (AvgIpc) is 3.35. The lowest BCUT2D eigenvalue weighted by atomic mass is 10.2. The van der Waals surface area contributed by atoms with Gasteiger partial charge in [0.15, 0.2) is 20.1 Å². The first-order valence-corrected chi connectivity index (χ1v) is 13.4. The highest BCUT2D eigenvalue weighted by molar-refractivity contribution is 7.90. The summed E-state index contributed by atoms with van der Waals surface area (Å²) in [5.74, 6) is 0. The molecule has 1 aliphatic heterocycles. The summed E-state index contributed by atoms with van der Waals surface area (Å²) in [5.41, 5.74) is 2.96. The summed E-state index contributed by atoms with van der Waals surface area (Å²) >= 11 is 9.55. The lowest BCUT2D eigenvalue weighted by Gasteiger charge is -2.34. The van der Waals surface area contributed by atoms with Gasteiger partial charge in [0.2, 0.25) is 0 Å². The summed E-state index contributed by atoms with van der Waals surface area (Å²) in [5, 5.41) is 2.68. The minimum absolute atomic E-state index is 0.333. The fraction of sp³-hybridized carbons (Fsp3) is 0.300. The van der Waals surface area contributed by atoms with Gasteiger partial charge in [-0.2, -0.15) is 0 Å². The van der Waals surface area contributed by atoms with Crippen molar-refractivity contribution in [2.45, 2.75) is 11.8 Å². The third-order valence-electron chi connectivity index (χ3n) is 5.28. The molecule has 1 aliphatic rings. The first-order valence-electron chi connectivity index (χ1n) is 9.46. The van der Waals surface area contributed by atoms with Crippen LogP contribution in [-0.2, 0) is 9.84 Å². The molecule has 0 atom stereocenters. The number of piperazine rings is 1. The van der Waals surface area contributed by atoms with Crippen molar-refractivity contribution in [1.82, 2.24) is 9.97 Å². The summed E-state index contributed by atoms with van der Waals surface area (Å²) < 4.78 is 25.6. The maximum absolute atomic E-state index is 11.8. The molecule has 1 saturated heterocycles. The molecule has 0 bridgehead atoms. The Kier molecular flexibility index (Phi) is 4.89. The van der Waals surface area contributed by atoms with Gasteiger partial charge in [0.05, 0.1) is 30.4 Å². The van der Waals surface area contributed by atoms with Crippen molar-refractivity contribution in [3.8, 4) is 0 Å². The molecule has 0 aliphatic carbocycles. The highest BCUT2D eigenvalue weighted by Gasteiger charge is 2.23. The highest BCUT2D eigenvalue weighted by atomic mass is 35.5. The number of aromatic nitrogens is 2. The predicted octanol–water partition coefficient (Wildman–Crippen LogP) is 4.60. The van der Waals surface area contributed by atoms with Crippen LogP contribution in [0.2, 0.25) is 5.02 Å². The zero-order chi connectivity index (χ0) is 21.0. The quantitative estimate of drug-likeness (QED) is 0.428. The van der Waals surface area contributed by atoms with Crippen LogP contribution in [0.4, 0.5) is 10.3 Å². The molecule has 156 valence electrons. The molecule has 5 rings (SSSR count). The van der Waals surface area contributed by atoms with Crippen molar-refractivity contribution in [3.63, 3.8) is 0 Å². The topological polar surface area (TPSA) is 66.4 Å². The first-order chi connectivity index (χ1) is 14.3. The van der Waals surface area contributed by atoms with E-state index in [1.807, 2.05) is 12.1 Å². The highest BCUT2D eigenvalue weighted by Crippen LogP contribution is 2.36. The predicted molar refractivity (Wildman–Crippen MR) is 127 cm³/mol. The summed E-state index contributed by atoms with van der Waals surface area (Å²) in [7, 11) is -3.22. The van der Waals surface area contributed by atoms with Gasteiger partial charge in [-0.1, -0.05) is 40.3 Å². The lowest BCUT2D eigenvalue weighted by Crippen LogP contribution is -2.46. The van der Waals surface area contributed by atoms with E-state index >= 15 is 0 Å². The molecule has 0 N–H and O–H groups in total. The van der Waals surface area contributed by atoms with Crippen molar-refractivity contribution < 1.29 is 8.42 Å². The summed E-state index contributed by atoms with van der Waals surface area (Å²) in [4.78, 5) is 14.4. The third kappa shape index (κ3) is 3.53. The van der Waals surface area contributed by atoms with Crippen molar-refractivity contribution in [2.24, 2.45) is 0 Å². The van der Waals surface area contributed by atoms with Gasteiger partial charge in [-0.05, 0) is 36.8 Å². The second-order valence-corrected chi connectivity index (χ2v) is 11.8. The maximum Gasteiger partial charge on any atom is 0.186 e. The lowest BCUT2D eigenvalue weighted by molar-refractivity contribution is 0.602. The number of thiazole rings is 2. The molecule has 30 heavy (non-hydrogen) atoms. The molecular formula is C20H19ClN4O2S3. The van der Waals surface area contributed by atoms with Gasteiger partial charge in [-0.3, -0.25) is 0 Å². The SMILES string of the molecule is Cc1ccc(Cl)c2sc(N3CCN(c4nc5ccc(S(C)(=O)=O)cc5s4)CC3)nc12. The molecule has 2 aromatic heterocycles. The number of fused-ring (bicyclic) bond motifs is 2. The molecular weight excluding hydrogens is 460 g/mol. The largest absolute Gasteiger partial charge is 0.345 e. The van der Waals surface area contributed by atoms with Crippen LogP contribution in [-0.4, -0.2) is 50.8 Å². The molecule has 3 heterocycles. The van der Waals surface area contributed by atoms with Crippen LogP contribution in [0.1, 0.15) is 5.56 Å². The number of hydrogen-bond acceptors (Lipinski definition) is 8. The molecule has 0 saturated carbocycles. The van der Waals surface area contributed by atoms with Crippen LogP contribution in [0.3, 0.4) is 0 Å². The summed E-state index contributed by atoms with van der Waals surface area (Å²) in [6.07, 6.45) is 1.23. The number of rotatable bonds is 3. The number of aryl methyl sites for hydroxylation is 1. The number of sulfone groups is 1. The summed E-state index contributed by atoms with van der Waals surface area (Å²) in [6.45, 7) is 5.42. The van der Waals surface area contributed by atoms with Crippen LogP contribution >= 0.6 is 34.3 Å². The molecule has 0 amide bonds.